The van der Waals surface area contributed by atoms with Crippen LogP contribution in [0.1, 0.15) is 34.3 Å². The number of aryl methyl sites for hydroxylation is 2. The molecule has 0 bridgehead atoms. The average molecular weight is 248 g/mol. The van der Waals surface area contributed by atoms with Gasteiger partial charge in [0.2, 0.25) is 0 Å². The highest BCUT2D eigenvalue weighted by atomic mass is 19.1. The maximum Gasteiger partial charge on any atom is 0.128 e. The van der Waals surface area contributed by atoms with Crippen LogP contribution in [0.4, 0.5) is 4.39 Å². The lowest BCUT2D eigenvalue weighted by atomic mass is 9.95. The van der Waals surface area contributed by atoms with Crippen molar-refractivity contribution >= 4 is 0 Å². The van der Waals surface area contributed by atoms with Crippen LogP contribution in [0.5, 0.6) is 0 Å². The van der Waals surface area contributed by atoms with Crippen molar-refractivity contribution in [2.45, 2.75) is 26.8 Å². The second-order valence-corrected chi connectivity index (χ2v) is 4.37. The molecule has 0 radical (unpaired) electrons. The summed E-state index contributed by atoms with van der Waals surface area (Å²) in [6.45, 7) is 5.70. The van der Waals surface area contributed by atoms with Gasteiger partial charge in [0.25, 0.3) is 0 Å². The van der Waals surface area contributed by atoms with Crippen molar-refractivity contribution < 1.29 is 8.81 Å². The number of nitrogens with one attached hydrogen (secondary N) is 1. The van der Waals surface area contributed by atoms with Crippen LogP contribution < -0.4 is 11.3 Å². The van der Waals surface area contributed by atoms with E-state index in [0.29, 0.717) is 5.56 Å². The minimum atomic E-state index is -0.399. The predicted octanol–water partition coefficient (Wildman–Crippen LogP) is 2.90. The molecule has 0 aliphatic rings. The molecule has 0 amide bonds. The van der Waals surface area contributed by atoms with E-state index >= 15 is 0 Å². The second kappa shape index (κ2) is 4.92. The van der Waals surface area contributed by atoms with E-state index in [-0.39, 0.29) is 5.82 Å². The van der Waals surface area contributed by atoms with E-state index in [4.69, 9.17) is 10.3 Å². The summed E-state index contributed by atoms with van der Waals surface area (Å²) in [7, 11) is 0. The molecular formula is C14H17FN2O. The van der Waals surface area contributed by atoms with Crippen LogP contribution in [-0.4, -0.2) is 0 Å². The topological polar surface area (TPSA) is 51.2 Å². The first-order valence-electron chi connectivity index (χ1n) is 5.83. The number of rotatable bonds is 3. The zero-order valence-electron chi connectivity index (χ0n) is 10.8. The molecule has 1 atom stereocenters. The first kappa shape index (κ1) is 12.8. The molecule has 1 heterocycles. The van der Waals surface area contributed by atoms with Crippen LogP contribution in [0.2, 0.25) is 0 Å². The van der Waals surface area contributed by atoms with Crippen LogP contribution >= 0.6 is 0 Å². The van der Waals surface area contributed by atoms with E-state index < -0.39 is 6.04 Å². The van der Waals surface area contributed by atoms with Crippen LogP contribution in [0.15, 0.2) is 28.7 Å². The van der Waals surface area contributed by atoms with E-state index in [2.05, 4.69) is 5.43 Å². The highest BCUT2D eigenvalue weighted by molar-refractivity contribution is 5.40. The monoisotopic (exact) mass is 248 g/mol. The largest absolute Gasteiger partial charge is 0.466 e. The first-order valence-corrected chi connectivity index (χ1v) is 5.83. The number of furan rings is 1. The Morgan fingerprint density at radius 1 is 1.17 bits per heavy atom. The zero-order valence-corrected chi connectivity index (χ0v) is 10.8. The lowest BCUT2D eigenvalue weighted by Crippen LogP contribution is -2.30. The number of nitrogens with two attached hydrogens (primary N) is 1. The van der Waals surface area contributed by atoms with E-state index in [1.807, 2.05) is 20.8 Å². The van der Waals surface area contributed by atoms with Gasteiger partial charge in [-0.15, -0.1) is 0 Å². The third kappa shape index (κ3) is 2.05. The minimum Gasteiger partial charge on any atom is -0.466 e. The maximum atomic E-state index is 13.9. The Morgan fingerprint density at radius 3 is 2.33 bits per heavy atom. The molecule has 4 heteroatoms. The zero-order chi connectivity index (χ0) is 13.3. The van der Waals surface area contributed by atoms with Crippen molar-refractivity contribution in [1.82, 2.24) is 5.43 Å². The van der Waals surface area contributed by atoms with E-state index in [0.717, 1.165) is 22.6 Å². The third-order valence-corrected chi connectivity index (χ3v) is 3.29. The Kier molecular flexibility index (Phi) is 3.50. The molecule has 0 fully saturated rings. The van der Waals surface area contributed by atoms with Crippen molar-refractivity contribution in [2.24, 2.45) is 5.84 Å². The molecule has 0 aliphatic carbocycles. The van der Waals surface area contributed by atoms with Gasteiger partial charge in [0.1, 0.15) is 17.3 Å². The van der Waals surface area contributed by atoms with Gasteiger partial charge in [-0.05, 0) is 32.4 Å². The van der Waals surface area contributed by atoms with Crippen molar-refractivity contribution in [1.29, 1.82) is 0 Å². The smallest absolute Gasteiger partial charge is 0.128 e. The molecule has 3 N–H and O–H groups in total. The lowest BCUT2D eigenvalue weighted by molar-refractivity contribution is 0.491. The molecular weight excluding hydrogens is 231 g/mol. The summed E-state index contributed by atoms with van der Waals surface area (Å²) in [6, 6.07) is 6.20. The third-order valence-electron chi connectivity index (χ3n) is 3.29. The van der Waals surface area contributed by atoms with Gasteiger partial charge in [-0.25, -0.2) is 9.82 Å². The molecule has 2 rings (SSSR count). The predicted molar refractivity (Wildman–Crippen MR) is 68.5 cm³/mol. The fraction of sp³-hybridized carbons (Fsp3) is 0.286. The van der Waals surface area contributed by atoms with Gasteiger partial charge in [-0.3, -0.25) is 5.84 Å². The van der Waals surface area contributed by atoms with Crippen molar-refractivity contribution in [3.63, 3.8) is 0 Å². The van der Waals surface area contributed by atoms with E-state index in [1.165, 1.54) is 6.07 Å². The maximum absolute atomic E-state index is 13.9. The Hall–Kier alpha value is -1.65. The van der Waals surface area contributed by atoms with Gasteiger partial charge in [0.05, 0.1) is 6.04 Å². The number of hydrazine groups is 1. The SMILES string of the molecule is Cc1oc(C)c(C(NN)c2ccccc2F)c1C. The lowest BCUT2D eigenvalue weighted by Gasteiger charge is -2.17. The summed E-state index contributed by atoms with van der Waals surface area (Å²) in [5, 5.41) is 0. The number of halogens is 1. The van der Waals surface area contributed by atoms with Gasteiger partial charge in [0, 0.05) is 11.1 Å². The summed E-state index contributed by atoms with van der Waals surface area (Å²) in [5.41, 5.74) is 5.09. The molecule has 0 saturated heterocycles. The molecule has 1 unspecified atom stereocenters. The highest BCUT2D eigenvalue weighted by Crippen LogP contribution is 2.31. The average Bonchev–Trinajstić information content (AvgIpc) is 2.59. The van der Waals surface area contributed by atoms with Gasteiger partial charge in [-0.2, -0.15) is 0 Å². The molecule has 2 aromatic rings. The molecule has 96 valence electrons. The van der Waals surface area contributed by atoms with Crippen LogP contribution in [0.3, 0.4) is 0 Å². The summed E-state index contributed by atoms with van der Waals surface area (Å²) in [5.74, 6) is 6.91. The first-order chi connectivity index (χ1) is 8.56. The quantitative estimate of drug-likeness (QED) is 0.648. The fourth-order valence-corrected chi connectivity index (χ4v) is 2.27. The van der Waals surface area contributed by atoms with E-state index in [9.17, 15) is 4.39 Å². The normalized spacial score (nSPS) is 12.7. The van der Waals surface area contributed by atoms with Gasteiger partial charge in [0.15, 0.2) is 0 Å². The Labute approximate surface area is 106 Å². The van der Waals surface area contributed by atoms with Gasteiger partial charge < -0.3 is 4.42 Å². The van der Waals surface area contributed by atoms with Crippen molar-refractivity contribution in [3.8, 4) is 0 Å². The molecule has 0 aliphatic heterocycles. The van der Waals surface area contributed by atoms with Gasteiger partial charge in [-0.1, -0.05) is 18.2 Å². The summed E-state index contributed by atoms with van der Waals surface area (Å²) in [4.78, 5) is 0. The molecule has 0 spiro atoms. The highest BCUT2D eigenvalue weighted by Gasteiger charge is 2.23. The molecule has 18 heavy (non-hydrogen) atoms. The van der Waals surface area contributed by atoms with Crippen molar-refractivity contribution in [3.05, 3.63) is 58.3 Å². The second-order valence-electron chi connectivity index (χ2n) is 4.37. The Bertz CT molecular complexity index is 563. The summed E-state index contributed by atoms with van der Waals surface area (Å²) in [6.07, 6.45) is 0. The molecule has 1 aromatic heterocycles. The van der Waals surface area contributed by atoms with Crippen LogP contribution in [0.25, 0.3) is 0 Å². The number of hydrogen-bond donors (Lipinski definition) is 2. The van der Waals surface area contributed by atoms with Gasteiger partial charge >= 0.3 is 0 Å². The number of hydrogen-bond acceptors (Lipinski definition) is 3. The van der Waals surface area contributed by atoms with Crippen LogP contribution in [0, 0.1) is 26.6 Å². The summed E-state index contributed by atoms with van der Waals surface area (Å²) < 4.78 is 19.4. The Balaban J connectivity index is 2.56. The fourth-order valence-electron chi connectivity index (χ4n) is 2.27. The Morgan fingerprint density at radius 2 is 1.83 bits per heavy atom. The minimum absolute atomic E-state index is 0.280. The summed E-state index contributed by atoms with van der Waals surface area (Å²) >= 11 is 0. The molecule has 1 aromatic carbocycles. The molecule has 0 saturated carbocycles. The standard InChI is InChI=1S/C14H17FN2O/c1-8-9(2)18-10(3)13(8)14(17-16)11-6-4-5-7-12(11)15/h4-7,14,17H,16H2,1-3H3. The van der Waals surface area contributed by atoms with E-state index in [1.54, 1.807) is 18.2 Å². The van der Waals surface area contributed by atoms with Crippen LogP contribution in [-0.2, 0) is 0 Å². The van der Waals surface area contributed by atoms with Crippen molar-refractivity contribution in [2.75, 3.05) is 0 Å². The molecule has 3 nitrogen and oxygen atoms in total. The number of benzene rings is 1.